The number of nitrogens with zero attached hydrogens (tertiary/aromatic N) is 3. The molecule has 1 unspecified atom stereocenters. The minimum atomic E-state index is -0.782. The molecule has 0 spiro atoms. The van der Waals surface area contributed by atoms with Crippen LogP contribution in [0.15, 0.2) is 24.7 Å². The Hall–Kier alpha value is -1.66. The number of aliphatic hydroxyl groups is 2. The van der Waals surface area contributed by atoms with Gasteiger partial charge in [0.15, 0.2) is 5.82 Å². The van der Waals surface area contributed by atoms with Crippen molar-refractivity contribution < 1.29 is 10.2 Å². The quantitative estimate of drug-likeness (QED) is 0.630. The van der Waals surface area contributed by atoms with Gasteiger partial charge in [-0.25, -0.2) is 9.50 Å². The zero-order valence-electron chi connectivity index (χ0n) is 8.04. The first-order chi connectivity index (χ1) is 7.31. The van der Waals surface area contributed by atoms with Crippen LogP contribution in [-0.2, 0) is 0 Å². The van der Waals surface area contributed by atoms with E-state index < -0.39 is 6.10 Å². The summed E-state index contributed by atoms with van der Waals surface area (Å²) in [5.74, 6) is 0.641. The second-order valence-corrected chi connectivity index (χ2v) is 3.15. The molecule has 2 aromatic rings. The van der Waals surface area contributed by atoms with E-state index in [2.05, 4.69) is 15.4 Å². The molecule has 1 atom stereocenters. The van der Waals surface area contributed by atoms with Gasteiger partial charge >= 0.3 is 0 Å². The third-order valence-electron chi connectivity index (χ3n) is 2.04. The van der Waals surface area contributed by atoms with Gasteiger partial charge in [-0.3, -0.25) is 0 Å². The van der Waals surface area contributed by atoms with Crippen LogP contribution in [0.5, 0.6) is 0 Å². The van der Waals surface area contributed by atoms with Gasteiger partial charge in [0.05, 0.1) is 18.9 Å². The summed E-state index contributed by atoms with van der Waals surface area (Å²) in [6.07, 6.45) is 4.25. The van der Waals surface area contributed by atoms with E-state index in [9.17, 15) is 5.11 Å². The lowest BCUT2D eigenvalue weighted by Gasteiger charge is -2.09. The Morgan fingerprint density at radius 2 is 2.33 bits per heavy atom. The van der Waals surface area contributed by atoms with E-state index in [1.807, 2.05) is 6.07 Å². The van der Waals surface area contributed by atoms with E-state index in [1.54, 1.807) is 23.1 Å². The van der Waals surface area contributed by atoms with Crippen molar-refractivity contribution in [2.75, 3.05) is 18.5 Å². The molecular weight excluding hydrogens is 196 g/mol. The molecule has 0 aliphatic heterocycles. The van der Waals surface area contributed by atoms with Crippen molar-refractivity contribution in [1.29, 1.82) is 0 Å². The summed E-state index contributed by atoms with van der Waals surface area (Å²) in [5.41, 5.74) is 0.836. The van der Waals surface area contributed by atoms with Crippen LogP contribution in [0.4, 0.5) is 5.82 Å². The number of rotatable bonds is 4. The highest BCUT2D eigenvalue weighted by molar-refractivity contribution is 5.66. The smallest absolute Gasteiger partial charge is 0.152 e. The number of anilines is 1. The van der Waals surface area contributed by atoms with Gasteiger partial charge < -0.3 is 15.5 Å². The van der Waals surface area contributed by atoms with Crippen LogP contribution < -0.4 is 5.32 Å². The Bertz CT molecular complexity index is 442. The number of nitrogens with one attached hydrogen (secondary N) is 1. The van der Waals surface area contributed by atoms with Crippen molar-refractivity contribution >= 4 is 11.3 Å². The van der Waals surface area contributed by atoms with Crippen molar-refractivity contribution in [3.8, 4) is 0 Å². The molecule has 0 bridgehead atoms. The molecule has 3 N–H and O–H groups in total. The summed E-state index contributed by atoms with van der Waals surface area (Å²) in [6, 6.07) is 1.82. The number of hydrogen-bond acceptors (Lipinski definition) is 5. The predicted molar refractivity (Wildman–Crippen MR) is 54.6 cm³/mol. The Balaban J connectivity index is 2.17. The lowest BCUT2D eigenvalue weighted by atomic mass is 10.3. The Morgan fingerprint density at radius 1 is 1.47 bits per heavy atom. The fourth-order valence-corrected chi connectivity index (χ4v) is 1.27. The summed E-state index contributed by atoms with van der Waals surface area (Å²) in [5, 5.41) is 24.8. The molecule has 0 saturated carbocycles. The third-order valence-corrected chi connectivity index (χ3v) is 2.04. The maximum Gasteiger partial charge on any atom is 0.152 e. The summed E-state index contributed by atoms with van der Waals surface area (Å²) in [4.78, 5) is 4.12. The molecule has 0 saturated heterocycles. The van der Waals surface area contributed by atoms with E-state index in [-0.39, 0.29) is 13.2 Å². The first-order valence-electron chi connectivity index (χ1n) is 4.62. The summed E-state index contributed by atoms with van der Waals surface area (Å²) >= 11 is 0. The van der Waals surface area contributed by atoms with Gasteiger partial charge in [0, 0.05) is 18.9 Å². The molecule has 0 aliphatic rings. The minimum absolute atomic E-state index is 0.258. The topological polar surface area (TPSA) is 82.7 Å². The molecule has 15 heavy (non-hydrogen) atoms. The van der Waals surface area contributed by atoms with Crippen molar-refractivity contribution in [2.45, 2.75) is 6.10 Å². The molecule has 6 heteroatoms. The Morgan fingerprint density at radius 3 is 3.13 bits per heavy atom. The van der Waals surface area contributed by atoms with Crippen LogP contribution >= 0.6 is 0 Å². The zero-order chi connectivity index (χ0) is 10.7. The van der Waals surface area contributed by atoms with Gasteiger partial charge in [0.2, 0.25) is 0 Å². The van der Waals surface area contributed by atoms with E-state index in [0.717, 1.165) is 5.52 Å². The van der Waals surface area contributed by atoms with E-state index >= 15 is 0 Å². The largest absolute Gasteiger partial charge is 0.394 e. The Kier molecular flexibility index (Phi) is 2.79. The van der Waals surface area contributed by atoms with Crippen LogP contribution in [-0.4, -0.2) is 44.1 Å². The van der Waals surface area contributed by atoms with Crippen molar-refractivity contribution in [3.63, 3.8) is 0 Å². The second kappa shape index (κ2) is 4.24. The molecule has 2 rings (SSSR count). The highest BCUT2D eigenvalue weighted by Gasteiger charge is 2.05. The van der Waals surface area contributed by atoms with Crippen LogP contribution in [0.1, 0.15) is 0 Å². The summed E-state index contributed by atoms with van der Waals surface area (Å²) in [6.45, 7) is -0.0102. The molecule has 0 amide bonds. The van der Waals surface area contributed by atoms with Crippen molar-refractivity contribution in [1.82, 2.24) is 14.6 Å². The van der Waals surface area contributed by atoms with Crippen LogP contribution in [0.3, 0.4) is 0 Å². The molecule has 80 valence electrons. The van der Waals surface area contributed by atoms with E-state index in [4.69, 9.17) is 5.11 Å². The standard InChI is InChI=1S/C9H12N4O2/c14-6-7(15)5-11-9-8-1-2-12-13(8)4-3-10-9/h1-4,7,14-15H,5-6H2,(H,10,11). The summed E-state index contributed by atoms with van der Waals surface area (Å²) in [7, 11) is 0. The maximum atomic E-state index is 9.18. The van der Waals surface area contributed by atoms with Gasteiger partial charge in [-0.2, -0.15) is 5.10 Å². The first kappa shape index (κ1) is 9.88. The van der Waals surface area contributed by atoms with E-state index in [0.29, 0.717) is 5.82 Å². The van der Waals surface area contributed by atoms with Gasteiger partial charge in [0.1, 0.15) is 5.52 Å². The van der Waals surface area contributed by atoms with Crippen LogP contribution in [0.25, 0.3) is 5.52 Å². The van der Waals surface area contributed by atoms with Gasteiger partial charge in [0.25, 0.3) is 0 Å². The third kappa shape index (κ3) is 2.05. The molecular formula is C9H12N4O2. The molecule has 2 aromatic heterocycles. The fourth-order valence-electron chi connectivity index (χ4n) is 1.27. The maximum absolute atomic E-state index is 9.18. The molecule has 0 fully saturated rings. The predicted octanol–water partition coefficient (Wildman–Crippen LogP) is -0.506. The summed E-state index contributed by atoms with van der Waals surface area (Å²) < 4.78 is 1.68. The van der Waals surface area contributed by atoms with Crippen LogP contribution in [0, 0.1) is 0 Å². The number of aliphatic hydroxyl groups excluding tert-OH is 2. The number of hydrogen-bond donors (Lipinski definition) is 3. The fraction of sp³-hybridized carbons (Fsp3) is 0.333. The molecule has 0 aromatic carbocycles. The number of aromatic nitrogens is 3. The minimum Gasteiger partial charge on any atom is -0.394 e. The van der Waals surface area contributed by atoms with Gasteiger partial charge in [-0.15, -0.1) is 0 Å². The SMILES string of the molecule is OCC(O)CNc1nccn2nccc12. The average Bonchev–Trinajstić information content (AvgIpc) is 2.74. The first-order valence-corrected chi connectivity index (χ1v) is 4.62. The molecule has 0 radical (unpaired) electrons. The monoisotopic (exact) mass is 208 g/mol. The lowest BCUT2D eigenvalue weighted by Crippen LogP contribution is -2.23. The number of fused-ring (bicyclic) bond motifs is 1. The van der Waals surface area contributed by atoms with Gasteiger partial charge in [-0.05, 0) is 6.07 Å². The molecule has 2 heterocycles. The Labute approximate surface area is 86.2 Å². The average molecular weight is 208 g/mol. The van der Waals surface area contributed by atoms with Gasteiger partial charge in [-0.1, -0.05) is 0 Å². The normalized spacial score (nSPS) is 12.9. The second-order valence-electron chi connectivity index (χ2n) is 3.15. The highest BCUT2D eigenvalue weighted by atomic mass is 16.3. The molecule has 0 aliphatic carbocycles. The van der Waals surface area contributed by atoms with Crippen molar-refractivity contribution in [2.24, 2.45) is 0 Å². The zero-order valence-corrected chi connectivity index (χ0v) is 8.04. The van der Waals surface area contributed by atoms with Crippen molar-refractivity contribution in [3.05, 3.63) is 24.7 Å². The molecule has 6 nitrogen and oxygen atoms in total. The van der Waals surface area contributed by atoms with Crippen LogP contribution in [0.2, 0.25) is 0 Å². The highest BCUT2D eigenvalue weighted by Crippen LogP contribution is 2.11. The van der Waals surface area contributed by atoms with E-state index in [1.165, 1.54) is 0 Å². The lowest BCUT2D eigenvalue weighted by molar-refractivity contribution is 0.105.